The highest BCUT2D eigenvalue weighted by Gasteiger charge is 2.51. The van der Waals surface area contributed by atoms with E-state index in [9.17, 15) is 0 Å². The van der Waals surface area contributed by atoms with Gasteiger partial charge in [0.05, 0.1) is 27.5 Å². The Morgan fingerprint density at radius 3 is 1.57 bits per heavy atom. The second-order valence-corrected chi connectivity index (χ2v) is 20.3. The average Bonchev–Trinajstić information content (AvgIpc) is 4.42. The summed E-state index contributed by atoms with van der Waals surface area (Å²) in [6, 6.07) is 102. The Labute approximate surface area is 440 Å². The molecule has 0 fully saturated rings. The number of para-hydroxylation sites is 2. The second kappa shape index (κ2) is 16.5. The molecule has 12 aromatic carbocycles. The number of hydrogen-bond donors (Lipinski definition) is 0. The van der Waals surface area contributed by atoms with Crippen LogP contribution in [-0.2, 0) is 5.41 Å². The van der Waals surface area contributed by atoms with Crippen LogP contribution in [0.25, 0.3) is 105 Å². The smallest absolute Gasteiger partial charge is 0.137 e. The Morgan fingerprint density at radius 1 is 0.303 bits per heavy atom. The molecule has 2 aromatic heterocycles. The van der Waals surface area contributed by atoms with Gasteiger partial charge in [-0.1, -0.05) is 194 Å². The first kappa shape index (κ1) is 42.5. The molecule has 2 aliphatic rings. The molecule has 3 nitrogen and oxygen atoms in total. The van der Waals surface area contributed by atoms with Crippen LogP contribution in [-0.4, -0.2) is 4.57 Å². The van der Waals surface area contributed by atoms with Crippen molar-refractivity contribution >= 4 is 60.8 Å². The minimum absolute atomic E-state index is 0.428. The number of benzene rings is 12. The lowest BCUT2D eigenvalue weighted by molar-refractivity contribution is 0.669. The monoisotopic (exact) mass is 966 g/mol. The van der Waals surface area contributed by atoms with Gasteiger partial charge in [0.2, 0.25) is 0 Å². The molecule has 0 aliphatic heterocycles. The first-order valence-corrected chi connectivity index (χ1v) is 26.2. The molecule has 2 aliphatic carbocycles. The number of fused-ring (bicyclic) bond motifs is 16. The fraction of sp³-hybridized carbons (Fsp3) is 0.0137. The normalized spacial score (nSPS) is 12.8. The van der Waals surface area contributed by atoms with Gasteiger partial charge in [-0.3, -0.25) is 0 Å². The van der Waals surface area contributed by atoms with Crippen molar-refractivity contribution in [3.8, 4) is 61.3 Å². The van der Waals surface area contributed by atoms with Crippen molar-refractivity contribution in [3.05, 3.63) is 301 Å². The van der Waals surface area contributed by atoms with Crippen LogP contribution in [0.1, 0.15) is 22.3 Å². The SMILES string of the molecule is c1ccc(-c2ccc(N(c3cccc(-c4ccc5c(c4)C4(c6ccccc6-c6ccccc64)c4ccccc4-5)c3)c3cccc4oc5ccc(-c6ccc7c(c6)c6ccccc6n7-c6ccccc6)cc5c34)cc2)cc1. The molecule has 0 unspecified atom stereocenters. The van der Waals surface area contributed by atoms with Crippen molar-refractivity contribution in [1.29, 1.82) is 0 Å². The summed E-state index contributed by atoms with van der Waals surface area (Å²) in [5.74, 6) is 0. The third kappa shape index (κ3) is 6.17. The van der Waals surface area contributed by atoms with E-state index in [1.165, 1.54) is 83.0 Å². The predicted molar refractivity (Wildman–Crippen MR) is 315 cm³/mol. The number of hydrogen-bond acceptors (Lipinski definition) is 2. The molecule has 0 saturated heterocycles. The van der Waals surface area contributed by atoms with Gasteiger partial charge < -0.3 is 13.9 Å². The maximum atomic E-state index is 6.79. The first-order chi connectivity index (χ1) is 37.7. The van der Waals surface area contributed by atoms with E-state index in [1.807, 2.05) is 0 Å². The maximum absolute atomic E-state index is 6.79. The van der Waals surface area contributed by atoms with Crippen LogP contribution in [0.2, 0.25) is 0 Å². The molecule has 0 amide bonds. The van der Waals surface area contributed by atoms with E-state index < -0.39 is 5.41 Å². The zero-order valence-corrected chi connectivity index (χ0v) is 41.4. The van der Waals surface area contributed by atoms with Crippen LogP contribution < -0.4 is 4.90 Å². The lowest BCUT2D eigenvalue weighted by Gasteiger charge is -2.30. The number of furan rings is 1. The third-order valence-electron chi connectivity index (χ3n) is 16.4. The van der Waals surface area contributed by atoms with Crippen molar-refractivity contribution in [2.45, 2.75) is 5.41 Å². The molecule has 3 heteroatoms. The molecule has 16 rings (SSSR count). The molecule has 0 atom stereocenters. The summed E-state index contributed by atoms with van der Waals surface area (Å²) in [6.07, 6.45) is 0. The topological polar surface area (TPSA) is 21.3 Å². The third-order valence-corrected chi connectivity index (χ3v) is 16.4. The predicted octanol–water partition coefficient (Wildman–Crippen LogP) is 19.5. The number of rotatable bonds is 7. The highest BCUT2D eigenvalue weighted by Crippen LogP contribution is 2.63. The van der Waals surface area contributed by atoms with Crippen LogP contribution in [0.15, 0.2) is 283 Å². The summed E-state index contributed by atoms with van der Waals surface area (Å²) in [5.41, 5.74) is 25.5. The van der Waals surface area contributed by atoms with Gasteiger partial charge in [0.1, 0.15) is 11.2 Å². The Morgan fingerprint density at radius 2 is 0.829 bits per heavy atom. The Kier molecular flexibility index (Phi) is 9.25. The molecule has 76 heavy (non-hydrogen) atoms. The van der Waals surface area contributed by atoms with E-state index in [2.05, 4.69) is 289 Å². The van der Waals surface area contributed by atoms with Crippen molar-refractivity contribution in [2.24, 2.45) is 0 Å². The Balaban J connectivity index is 0.865. The van der Waals surface area contributed by atoms with Gasteiger partial charge in [0.15, 0.2) is 0 Å². The molecular weight excluding hydrogens is 921 g/mol. The summed E-state index contributed by atoms with van der Waals surface area (Å²) in [4.78, 5) is 2.42. The lowest BCUT2D eigenvalue weighted by Crippen LogP contribution is -2.25. The largest absolute Gasteiger partial charge is 0.456 e. The average molecular weight is 967 g/mol. The fourth-order valence-corrected chi connectivity index (χ4v) is 13.1. The molecule has 0 saturated carbocycles. The van der Waals surface area contributed by atoms with E-state index in [0.717, 1.165) is 61.4 Å². The van der Waals surface area contributed by atoms with Gasteiger partial charge in [-0.15, -0.1) is 0 Å². The van der Waals surface area contributed by atoms with Gasteiger partial charge in [-0.05, 0) is 163 Å². The van der Waals surface area contributed by atoms with E-state index in [4.69, 9.17) is 4.42 Å². The summed E-state index contributed by atoms with van der Waals surface area (Å²) in [7, 11) is 0. The first-order valence-electron chi connectivity index (χ1n) is 26.2. The van der Waals surface area contributed by atoms with Crippen molar-refractivity contribution in [3.63, 3.8) is 0 Å². The maximum Gasteiger partial charge on any atom is 0.137 e. The zero-order chi connectivity index (χ0) is 49.9. The molecule has 0 bridgehead atoms. The molecule has 0 N–H and O–H groups in total. The van der Waals surface area contributed by atoms with Crippen molar-refractivity contribution < 1.29 is 4.42 Å². The summed E-state index contributed by atoms with van der Waals surface area (Å²) < 4.78 is 9.16. The van der Waals surface area contributed by atoms with Crippen LogP contribution >= 0.6 is 0 Å². The molecule has 14 aromatic rings. The van der Waals surface area contributed by atoms with Gasteiger partial charge in [0, 0.05) is 33.2 Å². The molecular formula is C73H46N2O. The minimum atomic E-state index is -0.428. The van der Waals surface area contributed by atoms with Gasteiger partial charge >= 0.3 is 0 Å². The van der Waals surface area contributed by atoms with E-state index in [0.29, 0.717) is 0 Å². The van der Waals surface area contributed by atoms with E-state index in [1.54, 1.807) is 0 Å². The van der Waals surface area contributed by atoms with Crippen LogP contribution in [0.5, 0.6) is 0 Å². The summed E-state index contributed by atoms with van der Waals surface area (Å²) in [6.45, 7) is 0. The highest BCUT2D eigenvalue weighted by molar-refractivity contribution is 6.15. The van der Waals surface area contributed by atoms with E-state index >= 15 is 0 Å². The van der Waals surface area contributed by atoms with Gasteiger partial charge in [-0.2, -0.15) is 0 Å². The summed E-state index contributed by atoms with van der Waals surface area (Å²) >= 11 is 0. The second-order valence-electron chi connectivity index (χ2n) is 20.3. The summed E-state index contributed by atoms with van der Waals surface area (Å²) in [5, 5.41) is 4.59. The molecule has 354 valence electrons. The standard InChI is InChI=1S/C73H46N2O/c1-3-17-47(18-4-1)48-33-38-54(39-34-48)74(55-22-15-19-49(43-55)52-35-40-59-58-25-9-13-29-65(58)73(66(59)46-52)63-27-11-7-23-56(63)57-24-8-12-28-64(57)73)69-31-16-32-71-72(69)62-45-51(37-42-70(62)76-71)50-36-41-68-61(44-50)60-26-10-14-30-67(60)75(68)53-20-5-2-6-21-53/h1-46H. The molecule has 1 spiro atoms. The van der Waals surface area contributed by atoms with Crippen LogP contribution in [0.3, 0.4) is 0 Å². The quantitative estimate of drug-likeness (QED) is 0.159. The van der Waals surface area contributed by atoms with Crippen molar-refractivity contribution in [2.75, 3.05) is 4.90 Å². The number of nitrogens with zero attached hydrogens (tertiary/aromatic N) is 2. The lowest BCUT2D eigenvalue weighted by atomic mass is 9.70. The van der Waals surface area contributed by atoms with Crippen molar-refractivity contribution in [1.82, 2.24) is 4.57 Å². The minimum Gasteiger partial charge on any atom is -0.456 e. The molecule has 2 heterocycles. The number of aromatic nitrogens is 1. The zero-order valence-electron chi connectivity index (χ0n) is 41.4. The van der Waals surface area contributed by atoms with Crippen LogP contribution in [0.4, 0.5) is 17.1 Å². The van der Waals surface area contributed by atoms with Gasteiger partial charge in [0.25, 0.3) is 0 Å². The van der Waals surface area contributed by atoms with E-state index in [-0.39, 0.29) is 0 Å². The Hall–Kier alpha value is -9.96. The highest BCUT2D eigenvalue weighted by atomic mass is 16.3. The Bertz CT molecular complexity index is 4570. The fourth-order valence-electron chi connectivity index (χ4n) is 13.1. The number of anilines is 3. The molecule has 0 radical (unpaired) electrons. The van der Waals surface area contributed by atoms with Gasteiger partial charge in [-0.25, -0.2) is 0 Å². The van der Waals surface area contributed by atoms with Crippen LogP contribution in [0, 0.1) is 0 Å².